The predicted molar refractivity (Wildman–Crippen MR) is 68.7 cm³/mol. The van der Waals surface area contributed by atoms with Gasteiger partial charge in [-0.05, 0) is 17.0 Å². The smallest absolute Gasteiger partial charge is 0.0795 e. The lowest BCUT2D eigenvalue weighted by Gasteiger charge is -2.11. The summed E-state index contributed by atoms with van der Waals surface area (Å²) in [5.41, 5.74) is 11.4. The van der Waals surface area contributed by atoms with Gasteiger partial charge in [-0.2, -0.15) is 0 Å². The molecule has 2 aromatic rings. The molecule has 0 saturated heterocycles. The van der Waals surface area contributed by atoms with E-state index >= 15 is 0 Å². The van der Waals surface area contributed by atoms with Gasteiger partial charge in [-0.3, -0.25) is 0 Å². The number of thiazole rings is 1. The highest BCUT2D eigenvalue weighted by Gasteiger charge is 2.10. The Kier molecular flexibility index (Phi) is 3.36. The lowest BCUT2D eigenvalue weighted by atomic mass is 9.98. The molecule has 1 heterocycles. The van der Waals surface area contributed by atoms with Gasteiger partial charge in [-0.1, -0.05) is 38.1 Å². The number of hydrogen-bond donors (Lipinski definition) is 1. The summed E-state index contributed by atoms with van der Waals surface area (Å²) >= 11 is 1.58. The summed E-state index contributed by atoms with van der Waals surface area (Å²) in [6.45, 7) is 4.38. The van der Waals surface area contributed by atoms with Crippen LogP contribution in [0.1, 0.15) is 42.6 Å². The van der Waals surface area contributed by atoms with Crippen LogP contribution in [0.25, 0.3) is 0 Å². The van der Waals surface area contributed by atoms with Gasteiger partial charge in [0.2, 0.25) is 0 Å². The monoisotopic (exact) mass is 232 g/mol. The van der Waals surface area contributed by atoms with Crippen molar-refractivity contribution in [3.05, 3.63) is 52.0 Å². The Balaban J connectivity index is 2.22. The third-order valence-electron chi connectivity index (χ3n) is 2.73. The van der Waals surface area contributed by atoms with Gasteiger partial charge in [0.15, 0.2) is 0 Å². The van der Waals surface area contributed by atoms with Gasteiger partial charge in [-0.15, -0.1) is 11.3 Å². The zero-order valence-corrected chi connectivity index (χ0v) is 10.4. The molecular formula is C13H16N2S. The molecule has 0 aliphatic carbocycles. The minimum Gasteiger partial charge on any atom is -0.319 e. The molecule has 0 spiro atoms. The first kappa shape index (κ1) is 11.3. The van der Waals surface area contributed by atoms with E-state index in [1.54, 1.807) is 11.3 Å². The maximum Gasteiger partial charge on any atom is 0.0795 e. The Labute approximate surface area is 100 Å². The van der Waals surface area contributed by atoms with Crippen molar-refractivity contribution in [1.82, 2.24) is 4.98 Å². The van der Waals surface area contributed by atoms with E-state index in [0.717, 1.165) is 11.3 Å². The molecular weight excluding hydrogens is 216 g/mol. The van der Waals surface area contributed by atoms with Crippen LogP contribution in [-0.2, 0) is 0 Å². The lowest BCUT2D eigenvalue weighted by molar-refractivity contribution is 0.828. The average Bonchev–Trinajstić information content (AvgIpc) is 2.81. The summed E-state index contributed by atoms with van der Waals surface area (Å²) in [5.74, 6) is 0.560. The largest absolute Gasteiger partial charge is 0.319 e. The summed E-state index contributed by atoms with van der Waals surface area (Å²) in [7, 11) is 0. The molecule has 2 rings (SSSR count). The zero-order valence-electron chi connectivity index (χ0n) is 9.55. The maximum atomic E-state index is 6.13. The second-order valence-electron chi connectivity index (χ2n) is 4.21. The highest BCUT2D eigenvalue weighted by Crippen LogP contribution is 2.21. The molecule has 0 bridgehead atoms. The molecule has 84 valence electrons. The van der Waals surface area contributed by atoms with E-state index in [2.05, 4.69) is 43.1 Å². The molecule has 2 nitrogen and oxygen atoms in total. The molecule has 1 unspecified atom stereocenters. The van der Waals surface area contributed by atoms with Crippen molar-refractivity contribution >= 4 is 11.3 Å². The number of aromatic nitrogens is 1. The number of hydrogen-bond acceptors (Lipinski definition) is 3. The lowest BCUT2D eigenvalue weighted by Crippen LogP contribution is -2.12. The van der Waals surface area contributed by atoms with Crippen LogP contribution in [0.4, 0.5) is 0 Å². The van der Waals surface area contributed by atoms with Crippen molar-refractivity contribution < 1.29 is 0 Å². The van der Waals surface area contributed by atoms with E-state index in [9.17, 15) is 0 Å². The van der Waals surface area contributed by atoms with Crippen LogP contribution < -0.4 is 5.73 Å². The van der Waals surface area contributed by atoms with Crippen LogP contribution >= 0.6 is 11.3 Å². The van der Waals surface area contributed by atoms with Gasteiger partial charge in [-0.25, -0.2) is 4.98 Å². The standard InChI is InChI=1S/C13H16N2S/c1-9(2)10-3-5-11(6-4-10)13(14)12-7-16-8-15-12/h3-9,13H,14H2,1-2H3. The van der Waals surface area contributed by atoms with Crippen LogP contribution in [0.15, 0.2) is 35.2 Å². The van der Waals surface area contributed by atoms with Crippen molar-refractivity contribution in [1.29, 1.82) is 0 Å². The highest BCUT2D eigenvalue weighted by atomic mass is 32.1. The number of nitrogens with two attached hydrogens (primary N) is 1. The molecule has 1 atom stereocenters. The molecule has 0 saturated carbocycles. The Bertz CT molecular complexity index is 431. The van der Waals surface area contributed by atoms with Gasteiger partial charge < -0.3 is 5.73 Å². The second kappa shape index (κ2) is 4.76. The summed E-state index contributed by atoms with van der Waals surface area (Å²) < 4.78 is 0. The highest BCUT2D eigenvalue weighted by molar-refractivity contribution is 7.07. The fraction of sp³-hybridized carbons (Fsp3) is 0.308. The third kappa shape index (κ3) is 2.31. The first-order chi connectivity index (χ1) is 7.68. The fourth-order valence-corrected chi connectivity index (χ4v) is 2.22. The zero-order chi connectivity index (χ0) is 11.5. The van der Waals surface area contributed by atoms with Crippen molar-refractivity contribution in [3.8, 4) is 0 Å². The fourth-order valence-electron chi connectivity index (χ4n) is 1.63. The molecule has 1 aromatic heterocycles. The van der Waals surface area contributed by atoms with Crippen LogP contribution in [0.3, 0.4) is 0 Å². The number of nitrogens with zero attached hydrogens (tertiary/aromatic N) is 1. The predicted octanol–water partition coefficient (Wildman–Crippen LogP) is 3.31. The van der Waals surface area contributed by atoms with E-state index in [-0.39, 0.29) is 6.04 Å². The summed E-state index contributed by atoms with van der Waals surface area (Å²) in [4.78, 5) is 4.24. The molecule has 0 aliphatic rings. The third-order valence-corrected chi connectivity index (χ3v) is 3.34. The van der Waals surface area contributed by atoms with E-state index < -0.39 is 0 Å². The Morgan fingerprint density at radius 2 is 1.75 bits per heavy atom. The Hall–Kier alpha value is -1.19. The van der Waals surface area contributed by atoms with Crippen molar-refractivity contribution in [3.63, 3.8) is 0 Å². The molecule has 0 radical (unpaired) electrons. The van der Waals surface area contributed by atoms with Gasteiger partial charge in [0.25, 0.3) is 0 Å². The Morgan fingerprint density at radius 3 is 2.25 bits per heavy atom. The molecule has 0 aliphatic heterocycles. The average molecular weight is 232 g/mol. The van der Waals surface area contributed by atoms with E-state index in [1.165, 1.54) is 5.56 Å². The summed E-state index contributed by atoms with van der Waals surface area (Å²) in [5, 5.41) is 2.00. The van der Waals surface area contributed by atoms with Crippen LogP contribution in [-0.4, -0.2) is 4.98 Å². The van der Waals surface area contributed by atoms with Gasteiger partial charge in [0, 0.05) is 5.38 Å². The molecule has 0 fully saturated rings. The molecule has 2 N–H and O–H groups in total. The minimum atomic E-state index is -0.104. The molecule has 3 heteroatoms. The Morgan fingerprint density at radius 1 is 1.12 bits per heavy atom. The summed E-state index contributed by atoms with van der Waals surface area (Å²) in [6.07, 6.45) is 0. The number of rotatable bonds is 3. The molecule has 0 amide bonds. The summed E-state index contributed by atoms with van der Waals surface area (Å²) in [6, 6.07) is 8.38. The van der Waals surface area contributed by atoms with E-state index in [0.29, 0.717) is 5.92 Å². The number of benzene rings is 1. The first-order valence-electron chi connectivity index (χ1n) is 5.42. The first-order valence-corrected chi connectivity index (χ1v) is 6.36. The normalized spacial score (nSPS) is 13.0. The van der Waals surface area contributed by atoms with Gasteiger partial charge in [0.05, 0.1) is 17.2 Å². The van der Waals surface area contributed by atoms with Gasteiger partial charge in [0.1, 0.15) is 0 Å². The van der Waals surface area contributed by atoms with Crippen molar-refractivity contribution in [2.24, 2.45) is 5.73 Å². The molecule has 1 aromatic carbocycles. The van der Waals surface area contributed by atoms with Crippen LogP contribution in [0.2, 0.25) is 0 Å². The quantitative estimate of drug-likeness (QED) is 0.881. The van der Waals surface area contributed by atoms with Crippen LogP contribution in [0, 0.1) is 0 Å². The minimum absolute atomic E-state index is 0.104. The van der Waals surface area contributed by atoms with E-state index in [1.807, 2.05) is 10.9 Å². The van der Waals surface area contributed by atoms with Crippen molar-refractivity contribution in [2.45, 2.75) is 25.8 Å². The molecule has 16 heavy (non-hydrogen) atoms. The SMILES string of the molecule is CC(C)c1ccc(C(N)c2cscn2)cc1. The second-order valence-corrected chi connectivity index (χ2v) is 4.93. The van der Waals surface area contributed by atoms with Crippen molar-refractivity contribution in [2.75, 3.05) is 0 Å². The topological polar surface area (TPSA) is 38.9 Å². The van der Waals surface area contributed by atoms with Gasteiger partial charge >= 0.3 is 0 Å². The van der Waals surface area contributed by atoms with E-state index in [4.69, 9.17) is 5.73 Å². The van der Waals surface area contributed by atoms with Crippen LogP contribution in [0.5, 0.6) is 0 Å². The maximum absolute atomic E-state index is 6.13.